The van der Waals surface area contributed by atoms with E-state index >= 15 is 0 Å². The topological polar surface area (TPSA) is 51.5 Å². The highest BCUT2D eigenvalue weighted by atomic mass is 79.9. The number of nitrogens with one attached hydrogen (secondary N) is 1. The van der Waals surface area contributed by atoms with Gasteiger partial charge in [0.1, 0.15) is 0 Å². The molecular weight excluding hydrogens is 298 g/mol. The Balaban J connectivity index is 2.09. The van der Waals surface area contributed by atoms with Crippen molar-refractivity contribution in [2.24, 2.45) is 0 Å². The van der Waals surface area contributed by atoms with Crippen LogP contribution in [0.5, 0.6) is 0 Å². The van der Waals surface area contributed by atoms with E-state index in [1.165, 1.54) is 0 Å². The lowest BCUT2D eigenvalue weighted by Crippen LogP contribution is -2.10. The van der Waals surface area contributed by atoms with Gasteiger partial charge in [-0.2, -0.15) is 0 Å². The molecule has 1 amide bonds. The lowest BCUT2D eigenvalue weighted by atomic mass is 10.2. The fraction of sp³-hybridized carbons (Fsp3) is 0.154. The summed E-state index contributed by atoms with van der Waals surface area (Å²) in [5.41, 5.74) is 1.71. The molecule has 0 radical (unpaired) electrons. The van der Waals surface area contributed by atoms with Crippen molar-refractivity contribution in [1.82, 2.24) is 0 Å². The Morgan fingerprint density at radius 3 is 2.89 bits per heavy atom. The van der Waals surface area contributed by atoms with Crippen LogP contribution in [0.25, 0.3) is 0 Å². The molecular formula is C13H12BrNO3. The van der Waals surface area contributed by atoms with Crippen molar-refractivity contribution < 1.29 is 13.9 Å². The van der Waals surface area contributed by atoms with Gasteiger partial charge in [0.2, 0.25) is 0 Å². The first-order valence-electron chi connectivity index (χ1n) is 5.33. The molecule has 0 aliphatic heterocycles. The zero-order valence-corrected chi connectivity index (χ0v) is 11.4. The van der Waals surface area contributed by atoms with Crippen LogP contribution in [0.2, 0.25) is 0 Å². The Labute approximate surface area is 113 Å². The van der Waals surface area contributed by atoms with Crippen LogP contribution in [0.3, 0.4) is 0 Å². The van der Waals surface area contributed by atoms with Crippen molar-refractivity contribution in [1.29, 1.82) is 0 Å². The van der Waals surface area contributed by atoms with Gasteiger partial charge in [-0.1, -0.05) is 12.1 Å². The Kier molecular flexibility index (Phi) is 4.17. The van der Waals surface area contributed by atoms with Crippen LogP contribution in [0.1, 0.15) is 16.1 Å². The molecule has 5 heteroatoms. The normalized spacial score (nSPS) is 10.3. The molecule has 0 spiro atoms. The maximum atomic E-state index is 11.8. The molecule has 2 rings (SSSR count). The molecule has 0 aliphatic rings. The molecule has 2 aromatic rings. The predicted octanol–water partition coefficient (Wildman–Crippen LogP) is 3.44. The summed E-state index contributed by atoms with van der Waals surface area (Å²) in [6.45, 7) is 0.510. The fourth-order valence-electron chi connectivity index (χ4n) is 1.53. The Morgan fingerprint density at radius 2 is 2.22 bits per heavy atom. The fourth-order valence-corrected chi connectivity index (χ4v) is 1.84. The van der Waals surface area contributed by atoms with E-state index in [9.17, 15) is 4.79 Å². The second-order valence-corrected chi connectivity index (χ2v) is 4.47. The smallest absolute Gasteiger partial charge is 0.291 e. The highest BCUT2D eigenvalue weighted by molar-refractivity contribution is 9.10. The number of benzene rings is 1. The monoisotopic (exact) mass is 309 g/mol. The van der Waals surface area contributed by atoms with Crippen LogP contribution >= 0.6 is 15.9 Å². The van der Waals surface area contributed by atoms with Crippen molar-refractivity contribution in [3.05, 3.63) is 52.4 Å². The van der Waals surface area contributed by atoms with Crippen LogP contribution in [0, 0.1) is 0 Å². The molecule has 0 atom stereocenters. The molecule has 0 bridgehead atoms. The van der Waals surface area contributed by atoms with Gasteiger partial charge in [0.15, 0.2) is 10.4 Å². The van der Waals surface area contributed by atoms with Gasteiger partial charge in [-0.25, -0.2) is 0 Å². The van der Waals surface area contributed by atoms with Gasteiger partial charge in [0.25, 0.3) is 5.91 Å². The third-order valence-electron chi connectivity index (χ3n) is 2.29. The number of hydrogen-bond donors (Lipinski definition) is 1. The molecule has 0 aliphatic carbocycles. The van der Waals surface area contributed by atoms with Crippen molar-refractivity contribution >= 4 is 27.5 Å². The number of rotatable bonds is 4. The van der Waals surface area contributed by atoms with E-state index < -0.39 is 0 Å². The maximum absolute atomic E-state index is 11.8. The van der Waals surface area contributed by atoms with Crippen molar-refractivity contribution in [2.75, 3.05) is 12.4 Å². The molecule has 1 heterocycles. The minimum Gasteiger partial charge on any atom is -0.444 e. The Hall–Kier alpha value is -1.59. The number of amides is 1. The van der Waals surface area contributed by atoms with E-state index in [4.69, 9.17) is 9.15 Å². The van der Waals surface area contributed by atoms with Gasteiger partial charge < -0.3 is 14.5 Å². The van der Waals surface area contributed by atoms with Gasteiger partial charge in [-0.05, 0) is 45.8 Å². The van der Waals surface area contributed by atoms with E-state index in [2.05, 4.69) is 21.2 Å². The van der Waals surface area contributed by atoms with Crippen LogP contribution in [0.4, 0.5) is 5.69 Å². The first-order chi connectivity index (χ1) is 8.69. The maximum Gasteiger partial charge on any atom is 0.291 e. The van der Waals surface area contributed by atoms with Gasteiger partial charge >= 0.3 is 0 Å². The predicted molar refractivity (Wildman–Crippen MR) is 71.5 cm³/mol. The third kappa shape index (κ3) is 3.21. The first kappa shape index (κ1) is 12.9. The minimum atomic E-state index is -0.282. The molecule has 0 saturated heterocycles. The summed E-state index contributed by atoms with van der Waals surface area (Å²) in [6, 6.07) is 10.8. The molecule has 1 N–H and O–H groups in total. The van der Waals surface area contributed by atoms with E-state index in [-0.39, 0.29) is 11.7 Å². The van der Waals surface area contributed by atoms with E-state index in [0.29, 0.717) is 17.0 Å². The number of ether oxygens (including phenoxy) is 1. The second kappa shape index (κ2) is 5.84. The van der Waals surface area contributed by atoms with E-state index in [0.717, 1.165) is 5.56 Å². The lowest BCUT2D eigenvalue weighted by molar-refractivity contribution is 0.0995. The number of methoxy groups -OCH3 is 1. The summed E-state index contributed by atoms with van der Waals surface area (Å²) in [6.07, 6.45) is 0. The molecule has 1 aromatic heterocycles. The number of carbonyl (C=O) groups is 1. The number of furan rings is 1. The second-order valence-electron chi connectivity index (χ2n) is 3.69. The molecule has 94 valence electrons. The van der Waals surface area contributed by atoms with Crippen LogP contribution in [-0.4, -0.2) is 13.0 Å². The highest BCUT2D eigenvalue weighted by Gasteiger charge is 2.10. The third-order valence-corrected chi connectivity index (χ3v) is 2.72. The number of carbonyl (C=O) groups excluding carboxylic acids is 1. The van der Waals surface area contributed by atoms with Crippen LogP contribution in [-0.2, 0) is 11.3 Å². The number of anilines is 1. The van der Waals surface area contributed by atoms with Gasteiger partial charge in [0, 0.05) is 12.8 Å². The average molecular weight is 310 g/mol. The molecule has 1 aromatic carbocycles. The van der Waals surface area contributed by atoms with E-state index in [1.54, 1.807) is 19.2 Å². The van der Waals surface area contributed by atoms with Crippen LogP contribution < -0.4 is 5.32 Å². The zero-order chi connectivity index (χ0) is 13.0. The summed E-state index contributed by atoms with van der Waals surface area (Å²) in [7, 11) is 1.63. The SMILES string of the molecule is COCc1cccc(NC(=O)c2ccc(Br)o2)c1. The lowest BCUT2D eigenvalue weighted by Gasteiger charge is -2.05. The number of halogens is 1. The molecule has 4 nitrogen and oxygen atoms in total. The Morgan fingerprint density at radius 1 is 1.39 bits per heavy atom. The molecule has 0 unspecified atom stereocenters. The summed E-state index contributed by atoms with van der Waals surface area (Å²) in [5.74, 6) is -0.0192. The van der Waals surface area contributed by atoms with Gasteiger partial charge in [0.05, 0.1) is 6.61 Å². The highest BCUT2D eigenvalue weighted by Crippen LogP contribution is 2.17. The van der Waals surface area contributed by atoms with Crippen molar-refractivity contribution in [3.8, 4) is 0 Å². The van der Waals surface area contributed by atoms with Crippen molar-refractivity contribution in [3.63, 3.8) is 0 Å². The van der Waals surface area contributed by atoms with Gasteiger partial charge in [-0.15, -0.1) is 0 Å². The summed E-state index contributed by atoms with van der Waals surface area (Å²) < 4.78 is 10.7. The van der Waals surface area contributed by atoms with Crippen molar-refractivity contribution in [2.45, 2.75) is 6.61 Å². The molecule has 0 fully saturated rings. The summed E-state index contributed by atoms with van der Waals surface area (Å²) >= 11 is 3.15. The minimum absolute atomic E-state index is 0.263. The average Bonchev–Trinajstić information content (AvgIpc) is 2.77. The summed E-state index contributed by atoms with van der Waals surface area (Å²) in [4.78, 5) is 11.8. The molecule has 0 saturated carbocycles. The van der Waals surface area contributed by atoms with Crippen LogP contribution in [0.15, 0.2) is 45.5 Å². The largest absolute Gasteiger partial charge is 0.444 e. The Bertz CT molecular complexity index is 551. The standard InChI is InChI=1S/C13H12BrNO3/c1-17-8-9-3-2-4-10(7-9)15-13(16)11-5-6-12(14)18-11/h2-7H,8H2,1H3,(H,15,16). The zero-order valence-electron chi connectivity index (χ0n) is 9.77. The van der Waals surface area contributed by atoms with Gasteiger partial charge in [-0.3, -0.25) is 4.79 Å². The summed E-state index contributed by atoms with van der Waals surface area (Å²) in [5, 5.41) is 2.76. The number of hydrogen-bond acceptors (Lipinski definition) is 3. The molecule has 18 heavy (non-hydrogen) atoms. The quantitative estimate of drug-likeness (QED) is 0.941. The first-order valence-corrected chi connectivity index (χ1v) is 6.13. The van der Waals surface area contributed by atoms with E-state index in [1.807, 2.05) is 24.3 Å².